The summed E-state index contributed by atoms with van der Waals surface area (Å²) in [5.74, 6) is 1.51. The molecule has 0 amide bonds. The predicted molar refractivity (Wildman–Crippen MR) is 111 cm³/mol. The van der Waals surface area contributed by atoms with Crippen molar-refractivity contribution in [3.8, 4) is 22.8 Å². The van der Waals surface area contributed by atoms with Crippen molar-refractivity contribution < 1.29 is 9.36 Å². The van der Waals surface area contributed by atoms with Gasteiger partial charge in [0.2, 0.25) is 5.82 Å². The second-order valence-corrected chi connectivity index (χ2v) is 6.48. The number of nitrogens with zero attached hydrogens (tertiary/aromatic N) is 4. The molecule has 0 radical (unpaired) electrons. The van der Waals surface area contributed by atoms with Gasteiger partial charge in [0.25, 0.3) is 5.89 Å². The molecule has 0 saturated carbocycles. The van der Waals surface area contributed by atoms with E-state index in [4.69, 9.17) is 9.36 Å². The monoisotopic (exact) mass is 380 g/mol. The first-order chi connectivity index (χ1) is 14.4. The fourth-order valence-corrected chi connectivity index (χ4v) is 3.07. The molecule has 0 fully saturated rings. The normalized spacial score (nSPS) is 13.4. The molecule has 0 aliphatic carbocycles. The SMILES string of the molecule is c1ccc(C2=NC(c3cccc(-c4noc(-c5ccccc5)n4)c3)=NOC2)cc1. The highest BCUT2D eigenvalue weighted by Gasteiger charge is 2.16. The van der Waals surface area contributed by atoms with Crippen LogP contribution in [0.1, 0.15) is 11.1 Å². The van der Waals surface area contributed by atoms with Crippen LogP contribution in [0.3, 0.4) is 0 Å². The van der Waals surface area contributed by atoms with Crippen LogP contribution in [0.2, 0.25) is 0 Å². The van der Waals surface area contributed by atoms with Crippen LogP contribution >= 0.6 is 0 Å². The number of hydrogen-bond donors (Lipinski definition) is 0. The third-order valence-corrected chi connectivity index (χ3v) is 4.53. The van der Waals surface area contributed by atoms with Crippen molar-refractivity contribution in [2.75, 3.05) is 6.61 Å². The third kappa shape index (κ3) is 3.55. The largest absolute Gasteiger partial charge is 0.387 e. The molecular weight excluding hydrogens is 364 g/mol. The fourth-order valence-electron chi connectivity index (χ4n) is 3.07. The molecule has 0 bridgehead atoms. The zero-order valence-corrected chi connectivity index (χ0v) is 15.4. The van der Waals surface area contributed by atoms with Gasteiger partial charge in [-0.05, 0) is 23.8 Å². The van der Waals surface area contributed by atoms with Crippen molar-refractivity contribution in [1.82, 2.24) is 10.1 Å². The summed E-state index contributed by atoms with van der Waals surface area (Å²) in [6, 6.07) is 27.3. The molecule has 140 valence electrons. The van der Waals surface area contributed by atoms with E-state index >= 15 is 0 Å². The van der Waals surface area contributed by atoms with E-state index in [1.807, 2.05) is 84.9 Å². The Kier molecular flexibility index (Phi) is 4.42. The molecule has 1 aromatic heterocycles. The molecule has 0 saturated heterocycles. The van der Waals surface area contributed by atoms with Crippen LogP contribution in [0, 0.1) is 0 Å². The van der Waals surface area contributed by atoms with Crippen molar-refractivity contribution in [2.24, 2.45) is 10.1 Å². The molecule has 1 aliphatic rings. The van der Waals surface area contributed by atoms with Gasteiger partial charge in [-0.15, -0.1) is 0 Å². The van der Waals surface area contributed by atoms with Gasteiger partial charge in [0.05, 0.1) is 5.71 Å². The molecular formula is C23H16N4O2. The minimum absolute atomic E-state index is 0.346. The van der Waals surface area contributed by atoms with Gasteiger partial charge in [-0.1, -0.05) is 77.0 Å². The van der Waals surface area contributed by atoms with Crippen LogP contribution in [0.5, 0.6) is 0 Å². The molecule has 1 aliphatic heterocycles. The summed E-state index contributed by atoms with van der Waals surface area (Å²) in [5, 5.41) is 8.25. The Morgan fingerprint density at radius 3 is 2.17 bits per heavy atom. The van der Waals surface area contributed by atoms with E-state index in [1.165, 1.54) is 0 Å². The summed E-state index contributed by atoms with van der Waals surface area (Å²) in [6.07, 6.45) is 0. The highest BCUT2D eigenvalue weighted by atomic mass is 16.6. The lowest BCUT2D eigenvalue weighted by molar-refractivity contribution is 0.181. The van der Waals surface area contributed by atoms with Crippen molar-refractivity contribution in [3.05, 3.63) is 96.1 Å². The highest BCUT2D eigenvalue weighted by Crippen LogP contribution is 2.23. The number of rotatable bonds is 4. The average molecular weight is 380 g/mol. The first-order valence-corrected chi connectivity index (χ1v) is 9.20. The maximum absolute atomic E-state index is 5.42. The van der Waals surface area contributed by atoms with E-state index < -0.39 is 0 Å². The molecule has 0 unspecified atom stereocenters. The Balaban J connectivity index is 1.46. The van der Waals surface area contributed by atoms with Gasteiger partial charge < -0.3 is 9.36 Å². The first-order valence-electron chi connectivity index (χ1n) is 9.20. The van der Waals surface area contributed by atoms with Gasteiger partial charge in [-0.2, -0.15) is 4.98 Å². The molecule has 0 N–H and O–H groups in total. The molecule has 2 heterocycles. The van der Waals surface area contributed by atoms with Crippen molar-refractivity contribution >= 4 is 11.5 Å². The highest BCUT2D eigenvalue weighted by molar-refractivity contribution is 6.13. The van der Waals surface area contributed by atoms with E-state index in [9.17, 15) is 0 Å². The maximum atomic E-state index is 5.42. The van der Waals surface area contributed by atoms with Crippen LogP contribution < -0.4 is 0 Å². The molecule has 0 atom stereocenters. The minimum Gasteiger partial charge on any atom is -0.387 e. The molecule has 6 nitrogen and oxygen atoms in total. The molecule has 3 aromatic carbocycles. The van der Waals surface area contributed by atoms with Crippen LogP contribution in [0.25, 0.3) is 22.8 Å². The first kappa shape index (κ1) is 17.1. The van der Waals surface area contributed by atoms with Gasteiger partial charge in [0.1, 0.15) is 0 Å². The standard InChI is InChI=1S/C23H16N4O2/c1-3-8-16(9-4-1)20-15-28-26-21(24-20)18-12-7-13-19(14-18)22-25-23(29-27-22)17-10-5-2-6-11-17/h1-14H,15H2. The number of hydrogen-bond acceptors (Lipinski definition) is 6. The summed E-state index contributed by atoms with van der Waals surface area (Å²) in [6.45, 7) is 0.346. The van der Waals surface area contributed by atoms with Crippen molar-refractivity contribution in [1.29, 1.82) is 0 Å². The van der Waals surface area contributed by atoms with Gasteiger partial charge in [-0.3, -0.25) is 0 Å². The van der Waals surface area contributed by atoms with Crippen LogP contribution in [-0.4, -0.2) is 28.3 Å². The van der Waals surface area contributed by atoms with Crippen molar-refractivity contribution in [2.45, 2.75) is 0 Å². The average Bonchev–Trinajstić information content (AvgIpc) is 3.31. The fraction of sp³-hybridized carbons (Fsp3) is 0.0435. The Morgan fingerprint density at radius 1 is 0.690 bits per heavy atom. The minimum atomic E-state index is 0.346. The lowest BCUT2D eigenvalue weighted by atomic mass is 10.1. The zero-order valence-electron chi connectivity index (χ0n) is 15.4. The zero-order chi connectivity index (χ0) is 19.5. The number of aliphatic imine (C=N–C) groups is 1. The van der Waals surface area contributed by atoms with Gasteiger partial charge >= 0.3 is 0 Å². The lowest BCUT2D eigenvalue weighted by Gasteiger charge is -2.12. The van der Waals surface area contributed by atoms with E-state index in [1.54, 1.807) is 0 Å². The molecule has 4 aromatic rings. The molecule has 5 rings (SSSR count). The second-order valence-electron chi connectivity index (χ2n) is 6.48. The summed E-state index contributed by atoms with van der Waals surface area (Å²) in [5.41, 5.74) is 4.37. The van der Waals surface area contributed by atoms with E-state index in [0.29, 0.717) is 24.2 Å². The number of aromatic nitrogens is 2. The number of amidine groups is 1. The predicted octanol–water partition coefficient (Wildman–Crippen LogP) is 4.58. The quantitative estimate of drug-likeness (QED) is 0.519. The molecule has 29 heavy (non-hydrogen) atoms. The number of oxime groups is 1. The molecule has 6 heteroatoms. The van der Waals surface area contributed by atoms with E-state index in [2.05, 4.69) is 20.3 Å². The number of benzene rings is 3. The van der Waals surface area contributed by atoms with Crippen LogP contribution in [0.4, 0.5) is 0 Å². The van der Waals surface area contributed by atoms with Gasteiger partial charge in [-0.25, -0.2) is 4.99 Å². The summed E-state index contributed by atoms with van der Waals surface area (Å²) in [4.78, 5) is 14.6. The van der Waals surface area contributed by atoms with Crippen LogP contribution in [0.15, 0.2) is 99.6 Å². The maximum Gasteiger partial charge on any atom is 0.258 e. The smallest absolute Gasteiger partial charge is 0.258 e. The lowest BCUT2D eigenvalue weighted by Crippen LogP contribution is -2.17. The van der Waals surface area contributed by atoms with Gasteiger partial charge in [0, 0.05) is 16.7 Å². The molecule has 0 spiro atoms. The van der Waals surface area contributed by atoms with Gasteiger partial charge in [0.15, 0.2) is 12.4 Å². The topological polar surface area (TPSA) is 72.9 Å². The summed E-state index contributed by atoms with van der Waals surface area (Å²) in [7, 11) is 0. The van der Waals surface area contributed by atoms with Crippen molar-refractivity contribution in [3.63, 3.8) is 0 Å². The Morgan fingerprint density at radius 2 is 1.38 bits per heavy atom. The summed E-state index contributed by atoms with van der Waals surface area (Å²) < 4.78 is 5.42. The summed E-state index contributed by atoms with van der Waals surface area (Å²) >= 11 is 0. The van der Waals surface area contributed by atoms with Crippen LogP contribution in [-0.2, 0) is 4.84 Å². The van der Waals surface area contributed by atoms with E-state index in [-0.39, 0.29) is 0 Å². The Labute approximate surface area is 167 Å². The third-order valence-electron chi connectivity index (χ3n) is 4.53. The Hall–Kier alpha value is -4.06. The Bertz CT molecular complexity index is 1200. The second kappa shape index (κ2) is 7.52. The van der Waals surface area contributed by atoms with E-state index in [0.717, 1.165) is 28.0 Å².